The molecular formula is C22H17F4N5O2. The molecule has 0 unspecified atom stereocenters. The molecule has 3 heterocycles. The number of fused-ring (bicyclic) bond motifs is 2. The highest BCUT2D eigenvalue weighted by Crippen LogP contribution is 2.38. The molecule has 0 spiro atoms. The molecule has 0 radical (unpaired) electrons. The van der Waals surface area contributed by atoms with Gasteiger partial charge in [0.2, 0.25) is 5.88 Å². The fraction of sp³-hybridized carbons (Fsp3) is 0.227. The zero-order valence-electron chi connectivity index (χ0n) is 17.0. The van der Waals surface area contributed by atoms with Gasteiger partial charge < -0.3 is 15.4 Å². The first-order valence-electron chi connectivity index (χ1n) is 10.1. The number of carbonyl (C=O) groups is 1. The number of amides is 2. The van der Waals surface area contributed by atoms with Crippen LogP contribution >= 0.6 is 0 Å². The second-order valence-corrected chi connectivity index (χ2v) is 7.60. The van der Waals surface area contributed by atoms with Gasteiger partial charge in [0, 0.05) is 30.9 Å². The lowest BCUT2D eigenvalue weighted by atomic mass is 10.1. The second-order valence-electron chi connectivity index (χ2n) is 7.60. The van der Waals surface area contributed by atoms with Crippen molar-refractivity contribution in [2.24, 2.45) is 0 Å². The number of anilines is 2. The van der Waals surface area contributed by atoms with Crippen molar-refractivity contribution in [3.05, 3.63) is 70.9 Å². The molecule has 2 amide bonds. The van der Waals surface area contributed by atoms with Crippen LogP contribution in [0.3, 0.4) is 0 Å². The van der Waals surface area contributed by atoms with E-state index in [1.165, 1.54) is 29.4 Å². The van der Waals surface area contributed by atoms with Crippen LogP contribution in [0.25, 0.3) is 0 Å². The number of hydrogen-bond donors (Lipinski definition) is 2. The Morgan fingerprint density at radius 3 is 2.79 bits per heavy atom. The number of aromatic nitrogens is 2. The Labute approximate surface area is 185 Å². The molecule has 2 aromatic carbocycles. The van der Waals surface area contributed by atoms with Crippen molar-refractivity contribution in [1.82, 2.24) is 15.3 Å². The summed E-state index contributed by atoms with van der Waals surface area (Å²) in [4.78, 5) is 22.3. The summed E-state index contributed by atoms with van der Waals surface area (Å²) in [7, 11) is 0. The van der Waals surface area contributed by atoms with Gasteiger partial charge in [-0.2, -0.15) is 13.2 Å². The van der Waals surface area contributed by atoms with E-state index in [1.54, 1.807) is 6.07 Å². The number of nitrogens with one attached hydrogen (secondary N) is 2. The van der Waals surface area contributed by atoms with Crippen LogP contribution in [0.15, 0.2) is 42.7 Å². The normalized spacial score (nSPS) is 14.7. The lowest BCUT2D eigenvalue weighted by Gasteiger charge is -2.19. The van der Waals surface area contributed by atoms with Crippen LogP contribution in [0.1, 0.15) is 22.4 Å². The van der Waals surface area contributed by atoms with Crippen molar-refractivity contribution in [2.75, 3.05) is 16.8 Å². The van der Waals surface area contributed by atoms with Crippen molar-refractivity contribution in [3.8, 4) is 11.6 Å². The Kier molecular flexibility index (Phi) is 5.12. The van der Waals surface area contributed by atoms with Crippen molar-refractivity contribution in [2.45, 2.75) is 25.7 Å². The van der Waals surface area contributed by atoms with Crippen LogP contribution in [0.5, 0.6) is 11.6 Å². The number of alkyl halides is 3. The van der Waals surface area contributed by atoms with Crippen LogP contribution in [-0.4, -0.2) is 22.5 Å². The molecule has 0 aliphatic carbocycles. The van der Waals surface area contributed by atoms with E-state index in [4.69, 9.17) is 4.74 Å². The SMILES string of the molecule is O=C(Nc1cccc(C(F)(F)F)c1)N1CCc2c1ccc(Oc1ncnc3c1CNC3)c2F. The van der Waals surface area contributed by atoms with Gasteiger partial charge in [-0.3, -0.25) is 4.90 Å². The number of halogens is 4. The Balaban J connectivity index is 1.36. The first kappa shape index (κ1) is 21.1. The molecule has 5 rings (SSSR count). The third-order valence-electron chi connectivity index (χ3n) is 5.54. The molecule has 0 saturated carbocycles. The Morgan fingerprint density at radius 2 is 1.97 bits per heavy atom. The van der Waals surface area contributed by atoms with E-state index in [1.807, 2.05) is 0 Å². The monoisotopic (exact) mass is 459 g/mol. The lowest BCUT2D eigenvalue weighted by molar-refractivity contribution is -0.137. The molecule has 0 fully saturated rings. The summed E-state index contributed by atoms with van der Waals surface area (Å²) in [6.07, 6.45) is -2.94. The van der Waals surface area contributed by atoms with Crippen LogP contribution in [0.4, 0.5) is 33.7 Å². The number of urea groups is 1. The maximum absolute atomic E-state index is 15.2. The standard InChI is InChI=1S/C22H17F4N5O2/c23-19-14-6-7-31(21(32)30-13-3-1-2-12(8-13)22(24,25)26)17(14)4-5-18(19)33-20-15-9-27-10-16(15)28-11-29-20/h1-5,8,11,27H,6-7,9-10H2,(H,30,32). The summed E-state index contributed by atoms with van der Waals surface area (Å²) in [5.41, 5.74) is 1.30. The minimum atomic E-state index is -4.53. The van der Waals surface area contributed by atoms with Gasteiger partial charge in [-0.05, 0) is 36.8 Å². The van der Waals surface area contributed by atoms with E-state index in [-0.39, 0.29) is 35.8 Å². The van der Waals surface area contributed by atoms with Crippen molar-refractivity contribution >= 4 is 17.4 Å². The minimum absolute atomic E-state index is 0.00470. The van der Waals surface area contributed by atoms with E-state index >= 15 is 4.39 Å². The molecule has 33 heavy (non-hydrogen) atoms. The molecule has 170 valence electrons. The van der Waals surface area contributed by atoms with Gasteiger partial charge >= 0.3 is 12.2 Å². The largest absolute Gasteiger partial charge is 0.435 e. The average Bonchev–Trinajstić information content (AvgIpc) is 3.43. The van der Waals surface area contributed by atoms with Crippen LogP contribution in [-0.2, 0) is 25.7 Å². The topological polar surface area (TPSA) is 79.4 Å². The molecule has 2 aliphatic rings. The number of ether oxygens (including phenoxy) is 1. The number of benzene rings is 2. The third-order valence-corrected chi connectivity index (χ3v) is 5.54. The minimum Gasteiger partial charge on any atom is -0.435 e. The third kappa shape index (κ3) is 3.95. The summed E-state index contributed by atoms with van der Waals surface area (Å²) in [5.74, 6) is -0.372. The first-order chi connectivity index (χ1) is 15.8. The van der Waals surface area contributed by atoms with Gasteiger partial charge in [-0.15, -0.1) is 0 Å². The quantitative estimate of drug-likeness (QED) is 0.559. The highest BCUT2D eigenvalue weighted by molar-refractivity contribution is 6.03. The molecule has 2 aliphatic heterocycles. The molecule has 2 N–H and O–H groups in total. The van der Waals surface area contributed by atoms with Crippen molar-refractivity contribution in [1.29, 1.82) is 0 Å². The molecule has 0 atom stereocenters. The Hall–Kier alpha value is -3.73. The average molecular weight is 459 g/mol. The molecule has 11 heteroatoms. The van der Waals surface area contributed by atoms with E-state index in [9.17, 15) is 18.0 Å². The maximum atomic E-state index is 15.2. The molecule has 7 nitrogen and oxygen atoms in total. The number of hydrogen-bond acceptors (Lipinski definition) is 5. The van der Waals surface area contributed by atoms with Gasteiger partial charge in [-0.25, -0.2) is 19.2 Å². The van der Waals surface area contributed by atoms with Gasteiger partial charge in [0.15, 0.2) is 11.6 Å². The fourth-order valence-corrected chi connectivity index (χ4v) is 3.94. The summed E-state index contributed by atoms with van der Waals surface area (Å²) in [6.45, 7) is 1.27. The first-order valence-corrected chi connectivity index (χ1v) is 10.1. The Bertz CT molecular complexity index is 1250. The number of carbonyl (C=O) groups excluding carboxylic acids is 1. The maximum Gasteiger partial charge on any atom is 0.416 e. The van der Waals surface area contributed by atoms with Crippen LogP contribution in [0, 0.1) is 5.82 Å². The molecular weight excluding hydrogens is 442 g/mol. The summed E-state index contributed by atoms with van der Waals surface area (Å²) < 4.78 is 59.7. The molecule has 3 aromatic rings. The van der Waals surface area contributed by atoms with E-state index < -0.39 is 23.6 Å². The van der Waals surface area contributed by atoms with Gasteiger partial charge in [-0.1, -0.05) is 6.07 Å². The second kappa shape index (κ2) is 8.00. The Morgan fingerprint density at radius 1 is 1.12 bits per heavy atom. The van der Waals surface area contributed by atoms with Gasteiger partial charge in [0.05, 0.1) is 22.5 Å². The molecule has 0 saturated heterocycles. The summed E-state index contributed by atoms with van der Waals surface area (Å²) in [6, 6.07) is 6.63. The van der Waals surface area contributed by atoms with E-state index in [0.29, 0.717) is 18.8 Å². The van der Waals surface area contributed by atoms with Crippen LogP contribution in [0.2, 0.25) is 0 Å². The predicted octanol–water partition coefficient (Wildman–Crippen LogP) is 4.62. The summed E-state index contributed by atoms with van der Waals surface area (Å²) in [5, 5.41) is 5.58. The zero-order chi connectivity index (χ0) is 23.2. The van der Waals surface area contributed by atoms with Gasteiger partial charge in [0.1, 0.15) is 6.33 Å². The number of rotatable bonds is 3. The fourth-order valence-electron chi connectivity index (χ4n) is 3.94. The smallest absolute Gasteiger partial charge is 0.416 e. The van der Waals surface area contributed by atoms with E-state index in [2.05, 4.69) is 20.6 Å². The summed E-state index contributed by atoms with van der Waals surface area (Å²) >= 11 is 0. The molecule has 1 aromatic heterocycles. The van der Waals surface area contributed by atoms with Crippen LogP contribution < -0.4 is 20.3 Å². The lowest BCUT2D eigenvalue weighted by Crippen LogP contribution is -2.33. The zero-order valence-corrected chi connectivity index (χ0v) is 17.0. The van der Waals surface area contributed by atoms with Crippen molar-refractivity contribution in [3.63, 3.8) is 0 Å². The van der Waals surface area contributed by atoms with Crippen molar-refractivity contribution < 1.29 is 27.1 Å². The van der Waals surface area contributed by atoms with Gasteiger partial charge in [0.25, 0.3) is 0 Å². The highest BCUT2D eigenvalue weighted by atomic mass is 19.4. The highest BCUT2D eigenvalue weighted by Gasteiger charge is 2.32. The number of nitrogens with zero attached hydrogens (tertiary/aromatic N) is 3. The predicted molar refractivity (Wildman–Crippen MR) is 111 cm³/mol. The van der Waals surface area contributed by atoms with E-state index in [0.717, 1.165) is 23.4 Å². The molecule has 0 bridgehead atoms.